The maximum atomic E-state index is 12.9. The number of alkyl halides is 3. The molecule has 0 amide bonds. The Kier molecular flexibility index (Phi) is 4.79. The Morgan fingerprint density at radius 3 is 2.52 bits per heavy atom. The smallest absolute Gasteiger partial charge is 0.435 e. The molecule has 1 aromatic heterocycles. The topological polar surface area (TPSA) is 60.2 Å². The van der Waals surface area contributed by atoms with Crippen LogP contribution in [0.25, 0.3) is 0 Å². The van der Waals surface area contributed by atoms with E-state index in [0.29, 0.717) is 12.2 Å². The van der Waals surface area contributed by atoms with Gasteiger partial charge in [0.05, 0.1) is 13.2 Å². The number of aromatic nitrogens is 3. The molecule has 2 rings (SSSR count). The van der Waals surface area contributed by atoms with E-state index in [1.807, 2.05) is 18.2 Å². The molecule has 0 aliphatic heterocycles. The standard InChI is InChI=1S/C13H14F3N3O2/c14-13(15,16)12-11(9-20)17-18-19(12)7-4-8-21-10-5-2-1-3-6-10/h1-3,5-6,20H,4,7-9H2. The van der Waals surface area contributed by atoms with Crippen molar-refractivity contribution >= 4 is 0 Å². The van der Waals surface area contributed by atoms with Crippen molar-refractivity contribution in [1.29, 1.82) is 0 Å². The fourth-order valence-electron chi connectivity index (χ4n) is 1.84. The molecule has 0 saturated carbocycles. The fourth-order valence-corrected chi connectivity index (χ4v) is 1.84. The molecule has 0 unspecified atom stereocenters. The summed E-state index contributed by atoms with van der Waals surface area (Å²) in [5.41, 5.74) is -1.48. The second-order valence-corrected chi connectivity index (χ2v) is 4.28. The minimum atomic E-state index is -4.60. The van der Waals surface area contributed by atoms with E-state index in [1.54, 1.807) is 12.1 Å². The molecule has 0 spiro atoms. The Balaban J connectivity index is 1.93. The predicted octanol–water partition coefficient (Wildman–Crippen LogP) is 2.26. The first-order chi connectivity index (χ1) is 10.0. The third kappa shape index (κ3) is 3.94. The molecule has 0 radical (unpaired) electrons. The summed E-state index contributed by atoms with van der Waals surface area (Å²) in [5, 5.41) is 15.6. The van der Waals surface area contributed by atoms with E-state index in [1.165, 1.54) is 0 Å². The molecule has 1 heterocycles. The Morgan fingerprint density at radius 1 is 1.19 bits per heavy atom. The van der Waals surface area contributed by atoms with E-state index >= 15 is 0 Å². The molecule has 0 aliphatic rings. The SMILES string of the molecule is OCc1nnn(CCCOc2ccccc2)c1C(F)(F)F. The minimum absolute atomic E-state index is 0.00861. The summed E-state index contributed by atoms with van der Waals surface area (Å²) in [6, 6.07) is 8.99. The predicted molar refractivity (Wildman–Crippen MR) is 67.5 cm³/mol. The van der Waals surface area contributed by atoms with Gasteiger partial charge in [0.2, 0.25) is 0 Å². The Bertz CT molecular complexity index is 570. The van der Waals surface area contributed by atoms with Gasteiger partial charge in [0.25, 0.3) is 0 Å². The van der Waals surface area contributed by atoms with Crippen molar-refractivity contribution in [1.82, 2.24) is 15.0 Å². The summed E-state index contributed by atoms with van der Waals surface area (Å²) in [5.74, 6) is 0.656. The van der Waals surface area contributed by atoms with E-state index in [2.05, 4.69) is 10.3 Å². The van der Waals surface area contributed by atoms with Gasteiger partial charge in [-0.2, -0.15) is 13.2 Å². The summed E-state index contributed by atoms with van der Waals surface area (Å²) >= 11 is 0. The molecular formula is C13H14F3N3O2. The number of aliphatic hydroxyl groups excluding tert-OH is 1. The molecule has 0 bridgehead atoms. The van der Waals surface area contributed by atoms with Crippen molar-refractivity contribution in [3.05, 3.63) is 41.7 Å². The quantitative estimate of drug-likeness (QED) is 0.831. The van der Waals surface area contributed by atoms with Crippen LogP contribution in [0.5, 0.6) is 5.75 Å². The lowest BCUT2D eigenvalue weighted by atomic mass is 10.3. The van der Waals surface area contributed by atoms with Crippen LogP contribution in [-0.4, -0.2) is 26.7 Å². The molecule has 0 atom stereocenters. The first-order valence-electron chi connectivity index (χ1n) is 6.30. The largest absolute Gasteiger partial charge is 0.494 e. The van der Waals surface area contributed by atoms with Gasteiger partial charge in [-0.05, 0) is 12.1 Å². The Hall–Kier alpha value is -2.09. The maximum Gasteiger partial charge on any atom is 0.435 e. The van der Waals surface area contributed by atoms with Crippen LogP contribution in [-0.2, 0) is 19.3 Å². The molecule has 1 aromatic carbocycles. The second kappa shape index (κ2) is 6.57. The van der Waals surface area contributed by atoms with Gasteiger partial charge in [0, 0.05) is 13.0 Å². The number of aliphatic hydroxyl groups is 1. The summed E-state index contributed by atoms with van der Waals surface area (Å²) in [4.78, 5) is 0. The van der Waals surface area contributed by atoms with Crippen LogP contribution < -0.4 is 4.74 Å². The van der Waals surface area contributed by atoms with Gasteiger partial charge in [-0.25, -0.2) is 4.68 Å². The number of rotatable bonds is 6. The van der Waals surface area contributed by atoms with Gasteiger partial charge in [-0.1, -0.05) is 23.4 Å². The Morgan fingerprint density at radius 2 is 1.90 bits per heavy atom. The van der Waals surface area contributed by atoms with Gasteiger partial charge in [-0.3, -0.25) is 0 Å². The lowest BCUT2D eigenvalue weighted by Gasteiger charge is -2.11. The molecule has 0 fully saturated rings. The zero-order chi connectivity index (χ0) is 15.3. The molecule has 5 nitrogen and oxygen atoms in total. The van der Waals surface area contributed by atoms with Crippen LogP contribution >= 0.6 is 0 Å². The van der Waals surface area contributed by atoms with Crippen LogP contribution in [0, 0.1) is 0 Å². The van der Waals surface area contributed by atoms with Crippen molar-refractivity contribution in [2.75, 3.05) is 6.61 Å². The first-order valence-corrected chi connectivity index (χ1v) is 6.30. The summed E-state index contributed by atoms with van der Waals surface area (Å²) < 4.78 is 44.7. The monoisotopic (exact) mass is 301 g/mol. The van der Waals surface area contributed by atoms with Crippen LogP contribution in [0.4, 0.5) is 13.2 Å². The van der Waals surface area contributed by atoms with Crippen LogP contribution in [0.2, 0.25) is 0 Å². The highest BCUT2D eigenvalue weighted by atomic mass is 19.4. The zero-order valence-electron chi connectivity index (χ0n) is 11.0. The molecule has 21 heavy (non-hydrogen) atoms. The average molecular weight is 301 g/mol. The summed E-state index contributed by atoms with van der Waals surface area (Å²) in [6.45, 7) is -0.528. The number of para-hydroxylation sites is 1. The number of hydrogen-bond acceptors (Lipinski definition) is 4. The highest BCUT2D eigenvalue weighted by Crippen LogP contribution is 2.31. The number of aryl methyl sites for hydroxylation is 1. The number of nitrogens with zero attached hydrogens (tertiary/aromatic N) is 3. The second-order valence-electron chi connectivity index (χ2n) is 4.28. The normalized spacial score (nSPS) is 11.6. The molecule has 8 heteroatoms. The van der Waals surface area contributed by atoms with Crippen molar-refractivity contribution in [2.45, 2.75) is 25.7 Å². The van der Waals surface area contributed by atoms with E-state index in [-0.39, 0.29) is 13.2 Å². The van der Waals surface area contributed by atoms with E-state index < -0.39 is 24.2 Å². The lowest BCUT2D eigenvalue weighted by molar-refractivity contribution is -0.145. The van der Waals surface area contributed by atoms with Gasteiger partial charge in [0.15, 0.2) is 5.69 Å². The van der Waals surface area contributed by atoms with Gasteiger partial charge in [0.1, 0.15) is 11.4 Å². The van der Waals surface area contributed by atoms with Crippen LogP contribution in [0.1, 0.15) is 17.8 Å². The summed E-state index contributed by atoms with van der Waals surface area (Å²) in [6.07, 6.45) is -4.26. The van der Waals surface area contributed by atoms with Crippen molar-refractivity contribution in [2.24, 2.45) is 0 Å². The van der Waals surface area contributed by atoms with E-state index in [4.69, 9.17) is 9.84 Å². The Labute approximate surface area is 119 Å². The molecule has 0 saturated heterocycles. The first kappa shape index (κ1) is 15.3. The van der Waals surface area contributed by atoms with Crippen LogP contribution in [0.3, 0.4) is 0 Å². The number of hydrogen-bond donors (Lipinski definition) is 1. The van der Waals surface area contributed by atoms with Crippen molar-refractivity contribution in [3.63, 3.8) is 0 Å². The highest BCUT2D eigenvalue weighted by molar-refractivity contribution is 5.20. The number of ether oxygens (including phenoxy) is 1. The van der Waals surface area contributed by atoms with Crippen molar-refractivity contribution < 1.29 is 23.0 Å². The van der Waals surface area contributed by atoms with Gasteiger partial charge < -0.3 is 9.84 Å². The average Bonchev–Trinajstić information content (AvgIpc) is 2.88. The van der Waals surface area contributed by atoms with Crippen molar-refractivity contribution in [3.8, 4) is 5.75 Å². The van der Waals surface area contributed by atoms with E-state index in [0.717, 1.165) is 4.68 Å². The molecule has 2 aromatic rings. The third-order valence-electron chi connectivity index (χ3n) is 2.75. The lowest BCUT2D eigenvalue weighted by Crippen LogP contribution is -2.17. The fraction of sp³-hybridized carbons (Fsp3) is 0.385. The third-order valence-corrected chi connectivity index (χ3v) is 2.75. The molecule has 0 aliphatic carbocycles. The van der Waals surface area contributed by atoms with Crippen LogP contribution in [0.15, 0.2) is 30.3 Å². The van der Waals surface area contributed by atoms with E-state index in [9.17, 15) is 13.2 Å². The number of halogens is 3. The number of benzene rings is 1. The molecule has 114 valence electrons. The highest BCUT2D eigenvalue weighted by Gasteiger charge is 2.38. The minimum Gasteiger partial charge on any atom is -0.494 e. The zero-order valence-corrected chi connectivity index (χ0v) is 11.0. The van der Waals surface area contributed by atoms with Gasteiger partial charge in [-0.15, -0.1) is 5.10 Å². The van der Waals surface area contributed by atoms with Gasteiger partial charge >= 0.3 is 6.18 Å². The molecular weight excluding hydrogens is 287 g/mol. The maximum absolute atomic E-state index is 12.9. The summed E-state index contributed by atoms with van der Waals surface area (Å²) in [7, 11) is 0. The molecule has 1 N–H and O–H groups in total.